The van der Waals surface area contributed by atoms with E-state index in [9.17, 15) is 4.79 Å². The van der Waals surface area contributed by atoms with Crippen LogP contribution in [-0.2, 0) is 0 Å². The Hall–Kier alpha value is -1.40. The molecule has 6 heteroatoms. The van der Waals surface area contributed by atoms with Crippen molar-refractivity contribution in [2.24, 2.45) is 0 Å². The normalized spacial score (nSPS) is 17.5. The highest BCUT2D eigenvalue weighted by Crippen LogP contribution is 2.01. The van der Waals surface area contributed by atoms with Crippen LogP contribution in [0, 0.1) is 0 Å². The van der Waals surface area contributed by atoms with E-state index >= 15 is 0 Å². The average molecular weight is 265 g/mol. The fourth-order valence-corrected chi connectivity index (χ4v) is 2.21. The summed E-state index contributed by atoms with van der Waals surface area (Å²) in [5.74, 6) is -0.0721. The second-order valence-corrected chi connectivity index (χ2v) is 5.07. The first-order valence-electron chi connectivity index (χ1n) is 6.93. The SMILES string of the molecule is CN1CCN(CCCCNC(=O)c2cnc[nH]2)CC1. The first-order valence-corrected chi connectivity index (χ1v) is 6.93. The summed E-state index contributed by atoms with van der Waals surface area (Å²) in [5.41, 5.74) is 0.527. The van der Waals surface area contributed by atoms with Gasteiger partial charge in [-0.3, -0.25) is 4.79 Å². The van der Waals surface area contributed by atoms with Gasteiger partial charge in [0.05, 0.1) is 12.5 Å². The Morgan fingerprint density at radius 3 is 2.84 bits per heavy atom. The number of nitrogens with one attached hydrogen (secondary N) is 2. The number of piperazine rings is 1. The van der Waals surface area contributed by atoms with E-state index in [1.807, 2.05) is 0 Å². The number of hydrogen-bond donors (Lipinski definition) is 2. The molecule has 2 rings (SSSR count). The minimum atomic E-state index is -0.0721. The molecule has 0 radical (unpaired) electrons. The van der Waals surface area contributed by atoms with Crippen molar-refractivity contribution in [1.82, 2.24) is 25.1 Å². The summed E-state index contributed by atoms with van der Waals surface area (Å²) in [6, 6.07) is 0. The zero-order valence-corrected chi connectivity index (χ0v) is 11.6. The van der Waals surface area contributed by atoms with Crippen molar-refractivity contribution in [2.45, 2.75) is 12.8 Å². The largest absolute Gasteiger partial charge is 0.351 e. The van der Waals surface area contributed by atoms with Crippen molar-refractivity contribution in [3.8, 4) is 0 Å². The van der Waals surface area contributed by atoms with E-state index in [2.05, 4.69) is 32.1 Å². The van der Waals surface area contributed by atoms with E-state index in [1.165, 1.54) is 6.33 Å². The smallest absolute Gasteiger partial charge is 0.269 e. The molecule has 0 atom stereocenters. The third-order valence-corrected chi connectivity index (χ3v) is 3.53. The predicted octanol–water partition coefficient (Wildman–Crippen LogP) is 0.167. The third-order valence-electron chi connectivity index (χ3n) is 3.53. The van der Waals surface area contributed by atoms with Crippen LogP contribution in [0.5, 0.6) is 0 Å². The summed E-state index contributed by atoms with van der Waals surface area (Å²) < 4.78 is 0. The molecule has 2 N–H and O–H groups in total. The monoisotopic (exact) mass is 265 g/mol. The number of carbonyl (C=O) groups is 1. The molecule has 1 fully saturated rings. The number of aromatic amines is 1. The molecule has 1 amide bonds. The maximum absolute atomic E-state index is 11.6. The zero-order chi connectivity index (χ0) is 13.5. The minimum Gasteiger partial charge on any atom is -0.351 e. The van der Waals surface area contributed by atoms with Crippen LogP contribution in [-0.4, -0.2) is 72.0 Å². The predicted molar refractivity (Wildman–Crippen MR) is 74.1 cm³/mol. The number of unbranched alkanes of at least 4 members (excludes halogenated alkanes) is 1. The molecule has 19 heavy (non-hydrogen) atoms. The van der Waals surface area contributed by atoms with Gasteiger partial charge in [-0.05, 0) is 26.4 Å². The summed E-state index contributed by atoms with van der Waals surface area (Å²) in [7, 11) is 2.17. The first kappa shape index (κ1) is 14.0. The molecule has 2 heterocycles. The quantitative estimate of drug-likeness (QED) is 0.720. The number of likely N-dealkylation sites (N-methyl/N-ethyl adjacent to an activating group) is 1. The van der Waals surface area contributed by atoms with Crippen molar-refractivity contribution >= 4 is 5.91 Å². The van der Waals surface area contributed by atoms with Crippen LogP contribution in [0.2, 0.25) is 0 Å². The van der Waals surface area contributed by atoms with Gasteiger partial charge in [-0.2, -0.15) is 0 Å². The number of carbonyl (C=O) groups excluding carboxylic acids is 1. The van der Waals surface area contributed by atoms with Gasteiger partial charge in [-0.15, -0.1) is 0 Å². The molecule has 0 saturated carbocycles. The van der Waals surface area contributed by atoms with Gasteiger partial charge in [0.25, 0.3) is 5.91 Å². The lowest BCUT2D eigenvalue weighted by Crippen LogP contribution is -2.44. The van der Waals surface area contributed by atoms with E-state index < -0.39 is 0 Å². The minimum absolute atomic E-state index is 0.0721. The molecule has 106 valence electrons. The van der Waals surface area contributed by atoms with Gasteiger partial charge in [0.2, 0.25) is 0 Å². The Kier molecular flexibility index (Phi) is 5.35. The van der Waals surface area contributed by atoms with Crippen LogP contribution in [0.4, 0.5) is 0 Å². The fraction of sp³-hybridized carbons (Fsp3) is 0.692. The molecule has 1 aromatic rings. The highest BCUT2D eigenvalue weighted by atomic mass is 16.1. The van der Waals surface area contributed by atoms with Gasteiger partial charge in [0.15, 0.2) is 0 Å². The van der Waals surface area contributed by atoms with Gasteiger partial charge >= 0.3 is 0 Å². The first-order chi connectivity index (χ1) is 9.25. The van der Waals surface area contributed by atoms with Crippen LogP contribution >= 0.6 is 0 Å². The molecular formula is C13H23N5O. The summed E-state index contributed by atoms with van der Waals surface area (Å²) in [6.45, 7) is 6.51. The lowest BCUT2D eigenvalue weighted by Gasteiger charge is -2.32. The van der Waals surface area contributed by atoms with Crippen LogP contribution in [0.25, 0.3) is 0 Å². The maximum Gasteiger partial charge on any atom is 0.269 e. The third kappa shape index (κ3) is 4.65. The topological polar surface area (TPSA) is 64.3 Å². The van der Waals surface area contributed by atoms with Crippen molar-refractivity contribution in [2.75, 3.05) is 46.3 Å². The summed E-state index contributed by atoms with van der Waals surface area (Å²) >= 11 is 0. The highest BCUT2D eigenvalue weighted by molar-refractivity contribution is 5.91. The summed E-state index contributed by atoms with van der Waals surface area (Å²) in [5, 5.41) is 2.89. The molecule has 1 aromatic heterocycles. The Morgan fingerprint density at radius 2 is 2.16 bits per heavy atom. The van der Waals surface area contributed by atoms with Crippen LogP contribution in [0.15, 0.2) is 12.5 Å². The van der Waals surface area contributed by atoms with Crippen molar-refractivity contribution in [3.05, 3.63) is 18.2 Å². The van der Waals surface area contributed by atoms with Crippen LogP contribution in [0.1, 0.15) is 23.3 Å². The number of imidazole rings is 1. The van der Waals surface area contributed by atoms with Gasteiger partial charge in [-0.1, -0.05) is 0 Å². The van der Waals surface area contributed by atoms with Crippen LogP contribution < -0.4 is 5.32 Å². The van der Waals surface area contributed by atoms with E-state index in [0.717, 1.165) is 52.1 Å². The maximum atomic E-state index is 11.6. The molecule has 0 bridgehead atoms. The standard InChI is InChI=1S/C13H23N5O/c1-17-6-8-18(9-7-17)5-3-2-4-15-13(19)12-10-14-11-16-12/h10-11H,2-9H2,1H3,(H,14,16)(H,15,19). The molecule has 1 saturated heterocycles. The number of rotatable bonds is 6. The van der Waals surface area contributed by atoms with Gasteiger partial charge in [0, 0.05) is 32.7 Å². The van der Waals surface area contributed by atoms with E-state index in [1.54, 1.807) is 6.20 Å². The van der Waals surface area contributed by atoms with Crippen molar-refractivity contribution in [3.63, 3.8) is 0 Å². The molecular weight excluding hydrogens is 242 g/mol. The highest BCUT2D eigenvalue weighted by Gasteiger charge is 2.12. The molecule has 1 aliphatic rings. The number of aromatic nitrogens is 2. The van der Waals surface area contributed by atoms with Crippen LogP contribution in [0.3, 0.4) is 0 Å². The van der Waals surface area contributed by atoms with Gasteiger partial charge < -0.3 is 20.1 Å². The number of nitrogens with zero attached hydrogens (tertiary/aromatic N) is 3. The van der Waals surface area contributed by atoms with Gasteiger partial charge in [0.1, 0.15) is 5.69 Å². The Labute approximate surface area is 114 Å². The Morgan fingerprint density at radius 1 is 1.37 bits per heavy atom. The number of amides is 1. The second kappa shape index (κ2) is 7.25. The molecule has 1 aliphatic heterocycles. The lowest BCUT2D eigenvalue weighted by molar-refractivity contribution is 0.0947. The molecule has 6 nitrogen and oxygen atoms in total. The molecule has 0 aliphatic carbocycles. The zero-order valence-electron chi connectivity index (χ0n) is 11.6. The molecule has 0 unspecified atom stereocenters. The Bertz CT molecular complexity index is 370. The van der Waals surface area contributed by atoms with Crippen molar-refractivity contribution in [1.29, 1.82) is 0 Å². The van der Waals surface area contributed by atoms with E-state index in [-0.39, 0.29) is 5.91 Å². The second-order valence-electron chi connectivity index (χ2n) is 5.07. The fourth-order valence-electron chi connectivity index (χ4n) is 2.21. The van der Waals surface area contributed by atoms with E-state index in [0.29, 0.717) is 5.69 Å². The summed E-state index contributed by atoms with van der Waals surface area (Å²) in [4.78, 5) is 23.1. The summed E-state index contributed by atoms with van der Waals surface area (Å²) in [6.07, 6.45) is 5.21. The Balaban J connectivity index is 1.51. The molecule has 0 spiro atoms. The van der Waals surface area contributed by atoms with Gasteiger partial charge in [-0.25, -0.2) is 4.98 Å². The average Bonchev–Trinajstić information content (AvgIpc) is 2.94. The lowest BCUT2D eigenvalue weighted by atomic mass is 10.2. The van der Waals surface area contributed by atoms with Crippen molar-refractivity contribution < 1.29 is 4.79 Å². The number of hydrogen-bond acceptors (Lipinski definition) is 4. The molecule has 0 aromatic carbocycles. The number of H-pyrrole nitrogens is 1. The van der Waals surface area contributed by atoms with E-state index in [4.69, 9.17) is 0 Å².